The largest absolute Gasteiger partial charge is 0.462 e. The van der Waals surface area contributed by atoms with E-state index in [1.807, 2.05) is 0 Å². The van der Waals surface area contributed by atoms with Gasteiger partial charge in [0.25, 0.3) is 0 Å². The van der Waals surface area contributed by atoms with Crippen molar-refractivity contribution >= 4 is 17.9 Å². The first-order valence-corrected chi connectivity index (χ1v) is 30.6. The predicted octanol–water partition coefficient (Wildman–Crippen LogP) is 20.7. The molecule has 0 aliphatic carbocycles. The molecule has 0 aromatic carbocycles. The van der Waals surface area contributed by atoms with Crippen LogP contribution in [-0.4, -0.2) is 37.2 Å². The summed E-state index contributed by atoms with van der Waals surface area (Å²) in [6.45, 7) is 6.49. The van der Waals surface area contributed by atoms with Gasteiger partial charge >= 0.3 is 17.9 Å². The summed E-state index contributed by atoms with van der Waals surface area (Å²) >= 11 is 0. The van der Waals surface area contributed by atoms with Crippen LogP contribution in [-0.2, 0) is 28.6 Å². The molecule has 0 N–H and O–H groups in total. The molecule has 0 radical (unpaired) electrons. The van der Waals surface area contributed by atoms with Crippen molar-refractivity contribution in [3.05, 3.63) is 85.1 Å². The number of rotatable bonds is 55. The third-order valence-electron chi connectivity index (χ3n) is 13.1. The van der Waals surface area contributed by atoms with Crippen LogP contribution in [0.15, 0.2) is 85.1 Å². The number of esters is 3. The Morgan fingerprint density at radius 2 is 0.556 bits per heavy atom. The van der Waals surface area contributed by atoms with Gasteiger partial charge in [0, 0.05) is 19.3 Å². The number of allylic oxidation sites excluding steroid dienone is 14. The van der Waals surface area contributed by atoms with E-state index in [9.17, 15) is 14.4 Å². The maximum absolute atomic E-state index is 12.9. The van der Waals surface area contributed by atoms with Gasteiger partial charge in [-0.3, -0.25) is 14.4 Å². The smallest absolute Gasteiger partial charge is 0.306 e. The van der Waals surface area contributed by atoms with Crippen LogP contribution in [0.4, 0.5) is 0 Å². The fourth-order valence-corrected chi connectivity index (χ4v) is 8.50. The van der Waals surface area contributed by atoms with E-state index in [0.29, 0.717) is 19.3 Å². The Bertz CT molecular complexity index is 1380. The summed E-state index contributed by atoms with van der Waals surface area (Å²) in [4.78, 5) is 38.2. The molecule has 0 spiro atoms. The summed E-state index contributed by atoms with van der Waals surface area (Å²) in [5.74, 6) is -0.897. The van der Waals surface area contributed by atoms with E-state index in [2.05, 4.69) is 106 Å². The quantitative estimate of drug-likeness (QED) is 0.0261. The second kappa shape index (κ2) is 60.1. The normalized spacial score (nSPS) is 12.7. The lowest BCUT2D eigenvalue weighted by molar-refractivity contribution is -0.167. The summed E-state index contributed by atoms with van der Waals surface area (Å²) in [7, 11) is 0. The highest BCUT2D eigenvalue weighted by Gasteiger charge is 2.19. The first-order valence-electron chi connectivity index (χ1n) is 30.6. The Balaban J connectivity index is 4.36. The Hall–Kier alpha value is -3.41. The number of unbranched alkanes of at least 4 members (excludes halogenated alkanes) is 30. The molecule has 0 saturated heterocycles. The van der Waals surface area contributed by atoms with Gasteiger partial charge in [0.15, 0.2) is 6.10 Å². The van der Waals surface area contributed by atoms with Gasteiger partial charge in [0.2, 0.25) is 0 Å². The molecule has 1 unspecified atom stereocenters. The van der Waals surface area contributed by atoms with Gasteiger partial charge in [-0.1, -0.05) is 254 Å². The van der Waals surface area contributed by atoms with E-state index < -0.39 is 6.10 Å². The molecule has 6 nitrogen and oxygen atoms in total. The van der Waals surface area contributed by atoms with Gasteiger partial charge in [-0.25, -0.2) is 0 Å². The average Bonchev–Trinajstić information content (AvgIpc) is 3.38. The average molecular weight is 1000 g/mol. The van der Waals surface area contributed by atoms with Gasteiger partial charge < -0.3 is 14.2 Å². The van der Waals surface area contributed by atoms with Gasteiger partial charge in [-0.2, -0.15) is 0 Å². The minimum atomic E-state index is -0.787. The summed E-state index contributed by atoms with van der Waals surface area (Å²) in [6.07, 6.45) is 78.6. The molecule has 72 heavy (non-hydrogen) atoms. The maximum atomic E-state index is 12.9. The Kier molecular flexibility index (Phi) is 57.3. The highest BCUT2D eigenvalue weighted by Crippen LogP contribution is 2.16. The molecule has 0 aromatic heterocycles. The lowest BCUT2D eigenvalue weighted by atomic mass is 10.1. The zero-order valence-electron chi connectivity index (χ0n) is 47.4. The minimum Gasteiger partial charge on any atom is -0.462 e. The molecule has 414 valence electrons. The van der Waals surface area contributed by atoms with Gasteiger partial charge in [-0.15, -0.1) is 0 Å². The van der Waals surface area contributed by atoms with Crippen molar-refractivity contribution in [3.8, 4) is 0 Å². The van der Waals surface area contributed by atoms with Crippen LogP contribution in [0.2, 0.25) is 0 Å². The standard InChI is InChI=1S/C66H114O6/c1-4-7-10-13-16-19-22-25-28-30-31-32-33-34-35-37-38-41-44-47-50-53-56-59-65(68)71-62-63(61-70-64(67)58-55-52-49-46-43-40-27-24-21-18-15-12-9-6-3)72-66(69)60-57-54-51-48-45-42-39-36-29-26-23-20-17-14-11-8-5-2/h7,10,15-16,18-19,24-29,31-32,63H,4-6,8-9,11-14,17,20-23,30,33-62H2,1-3H3/b10-7-,18-15-,19-16-,27-24-,28-25-,29-26-,32-31-. The van der Waals surface area contributed by atoms with Gasteiger partial charge in [0.05, 0.1) is 0 Å². The van der Waals surface area contributed by atoms with Crippen molar-refractivity contribution < 1.29 is 28.6 Å². The highest BCUT2D eigenvalue weighted by atomic mass is 16.6. The molecule has 0 aliphatic rings. The van der Waals surface area contributed by atoms with E-state index in [1.54, 1.807) is 0 Å². The predicted molar refractivity (Wildman–Crippen MR) is 311 cm³/mol. The lowest BCUT2D eigenvalue weighted by Crippen LogP contribution is -2.30. The number of ether oxygens (including phenoxy) is 3. The Labute approximate surface area is 445 Å². The Morgan fingerprint density at radius 1 is 0.292 bits per heavy atom. The summed E-state index contributed by atoms with van der Waals surface area (Å²) in [6, 6.07) is 0. The summed E-state index contributed by atoms with van der Waals surface area (Å²) in [5.41, 5.74) is 0. The van der Waals surface area contributed by atoms with Crippen LogP contribution in [0.1, 0.15) is 297 Å². The first kappa shape index (κ1) is 68.6. The zero-order chi connectivity index (χ0) is 52.2. The van der Waals surface area contributed by atoms with Crippen molar-refractivity contribution in [2.75, 3.05) is 13.2 Å². The summed E-state index contributed by atoms with van der Waals surface area (Å²) in [5, 5.41) is 0. The molecule has 0 heterocycles. The summed E-state index contributed by atoms with van der Waals surface area (Å²) < 4.78 is 16.9. The Morgan fingerprint density at radius 3 is 0.903 bits per heavy atom. The molecule has 0 fully saturated rings. The fraction of sp³-hybridized carbons (Fsp3) is 0.742. The van der Waals surface area contributed by atoms with Crippen LogP contribution in [0.3, 0.4) is 0 Å². The van der Waals surface area contributed by atoms with Crippen LogP contribution in [0.5, 0.6) is 0 Å². The van der Waals surface area contributed by atoms with Crippen molar-refractivity contribution in [2.24, 2.45) is 0 Å². The monoisotopic (exact) mass is 1000 g/mol. The van der Waals surface area contributed by atoms with Crippen LogP contribution in [0.25, 0.3) is 0 Å². The van der Waals surface area contributed by atoms with E-state index in [4.69, 9.17) is 14.2 Å². The molecule has 0 bridgehead atoms. The molecule has 0 amide bonds. The number of carbonyl (C=O) groups is 3. The highest BCUT2D eigenvalue weighted by molar-refractivity contribution is 5.71. The molecule has 0 saturated carbocycles. The number of hydrogen-bond donors (Lipinski definition) is 0. The van der Waals surface area contributed by atoms with E-state index in [0.717, 1.165) is 103 Å². The molecule has 0 rings (SSSR count). The van der Waals surface area contributed by atoms with E-state index >= 15 is 0 Å². The van der Waals surface area contributed by atoms with Crippen LogP contribution >= 0.6 is 0 Å². The van der Waals surface area contributed by atoms with E-state index in [1.165, 1.54) is 154 Å². The SMILES string of the molecule is CC/C=C\C/C=C\C/C=C\C/C=C\CCCCCCCCCCCCC(=O)OCC(COC(=O)CCCCCCC/C=C\C/C=C\CCCC)OC(=O)CCCCCCCCC/C=C\CCCCCCCC. The minimum absolute atomic E-state index is 0.0842. The molecule has 0 aromatic rings. The first-order chi connectivity index (χ1) is 35.5. The van der Waals surface area contributed by atoms with Crippen molar-refractivity contribution in [1.29, 1.82) is 0 Å². The third kappa shape index (κ3) is 57.5. The topological polar surface area (TPSA) is 78.9 Å². The van der Waals surface area contributed by atoms with Gasteiger partial charge in [-0.05, 0) is 109 Å². The number of carbonyl (C=O) groups excluding carboxylic acids is 3. The van der Waals surface area contributed by atoms with Crippen molar-refractivity contribution in [2.45, 2.75) is 303 Å². The zero-order valence-corrected chi connectivity index (χ0v) is 47.4. The second-order valence-electron chi connectivity index (χ2n) is 20.2. The van der Waals surface area contributed by atoms with Crippen molar-refractivity contribution in [3.63, 3.8) is 0 Å². The number of hydrogen-bond acceptors (Lipinski definition) is 6. The van der Waals surface area contributed by atoms with Crippen LogP contribution in [0, 0.1) is 0 Å². The molecule has 6 heteroatoms. The maximum Gasteiger partial charge on any atom is 0.306 e. The molecular weight excluding hydrogens is 889 g/mol. The van der Waals surface area contributed by atoms with Crippen molar-refractivity contribution in [1.82, 2.24) is 0 Å². The molecular formula is C66H114O6. The van der Waals surface area contributed by atoms with Gasteiger partial charge in [0.1, 0.15) is 13.2 Å². The lowest BCUT2D eigenvalue weighted by Gasteiger charge is -2.18. The molecule has 1 atom stereocenters. The van der Waals surface area contributed by atoms with E-state index in [-0.39, 0.29) is 31.1 Å². The molecule has 0 aliphatic heterocycles. The fourth-order valence-electron chi connectivity index (χ4n) is 8.50. The second-order valence-corrected chi connectivity index (χ2v) is 20.2. The van der Waals surface area contributed by atoms with Crippen LogP contribution < -0.4 is 0 Å². The third-order valence-corrected chi connectivity index (χ3v) is 13.1.